The van der Waals surface area contributed by atoms with E-state index in [-0.39, 0.29) is 11.8 Å². The number of likely N-dealkylation sites (tertiary alicyclic amines) is 1. The summed E-state index contributed by atoms with van der Waals surface area (Å²) >= 11 is 0. The number of hydrogen-bond donors (Lipinski definition) is 2. The molecule has 7 nitrogen and oxygen atoms in total. The van der Waals surface area contributed by atoms with Crippen molar-refractivity contribution < 1.29 is 9.59 Å². The summed E-state index contributed by atoms with van der Waals surface area (Å²) in [5, 5.41) is 11.0. The average molecular weight is 388 g/mol. The Balaban J connectivity index is 1.52. The van der Waals surface area contributed by atoms with Gasteiger partial charge >= 0.3 is 0 Å². The Bertz CT molecular complexity index is 751. The molecule has 3 heterocycles. The van der Waals surface area contributed by atoms with Crippen LogP contribution in [0.2, 0.25) is 0 Å². The lowest BCUT2D eigenvalue weighted by molar-refractivity contribution is -0.138. The van der Waals surface area contributed by atoms with E-state index in [0.717, 1.165) is 70.4 Å². The smallest absolute Gasteiger partial charge is 0.255 e. The number of nitrogens with one attached hydrogen (secondary N) is 2. The monoisotopic (exact) mass is 387 g/mol. The molecular formula is C21H33N5O2. The zero-order valence-corrected chi connectivity index (χ0v) is 17.4. The molecule has 0 spiro atoms. The van der Waals surface area contributed by atoms with E-state index in [0.29, 0.717) is 23.1 Å². The lowest BCUT2D eigenvalue weighted by Crippen LogP contribution is -2.58. The lowest BCUT2D eigenvalue weighted by atomic mass is 9.92. The number of fused-ring (bicyclic) bond motifs is 1. The summed E-state index contributed by atoms with van der Waals surface area (Å²) in [6.45, 7) is 7.53. The van der Waals surface area contributed by atoms with Crippen LogP contribution in [0.1, 0.15) is 60.3 Å². The summed E-state index contributed by atoms with van der Waals surface area (Å²) in [5.41, 5.74) is 1.42. The van der Waals surface area contributed by atoms with Gasteiger partial charge in [0.2, 0.25) is 5.91 Å². The van der Waals surface area contributed by atoms with Crippen LogP contribution in [0.4, 0.5) is 0 Å². The van der Waals surface area contributed by atoms with Crippen molar-refractivity contribution in [1.29, 1.82) is 0 Å². The molecule has 1 aromatic rings. The first-order valence-corrected chi connectivity index (χ1v) is 10.7. The van der Waals surface area contributed by atoms with Gasteiger partial charge in [-0.2, -0.15) is 5.10 Å². The number of carbonyl (C=O) groups is 2. The minimum absolute atomic E-state index is 0.130. The average Bonchev–Trinajstić information content (AvgIpc) is 3.33. The van der Waals surface area contributed by atoms with Crippen LogP contribution in [0.5, 0.6) is 0 Å². The maximum absolute atomic E-state index is 13.6. The fourth-order valence-electron chi connectivity index (χ4n) is 5.48. The van der Waals surface area contributed by atoms with E-state index in [1.54, 1.807) is 4.68 Å². The molecule has 2 amide bonds. The van der Waals surface area contributed by atoms with E-state index >= 15 is 0 Å². The first kappa shape index (κ1) is 19.4. The molecule has 0 aromatic carbocycles. The number of aromatic nitrogens is 2. The van der Waals surface area contributed by atoms with Gasteiger partial charge in [0.1, 0.15) is 5.54 Å². The van der Waals surface area contributed by atoms with Crippen molar-refractivity contribution in [3.63, 3.8) is 0 Å². The highest BCUT2D eigenvalue weighted by molar-refractivity contribution is 6.00. The van der Waals surface area contributed by atoms with E-state index in [4.69, 9.17) is 0 Å². The van der Waals surface area contributed by atoms with E-state index in [2.05, 4.69) is 15.7 Å². The molecule has 7 heteroatoms. The highest BCUT2D eigenvalue weighted by atomic mass is 16.2. The summed E-state index contributed by atoms with van der Waals surface area (Å²) in [5.74, 6) is 1.35. The van der Waals surface area contributed by atoms with E-state index in [1.165, 1.54) is 0 Å². The van der Waals surface area contributed by atoms with Crippen molar-refractivity contribution in [1.82, 2.24) is 25.3 Å². The predicted molar refractivity (Wildman–Crippen MR) is 107 cm³/mol. The fraction of sp³-hybridized carbons (Fsp3) is 0.762. The third-order valence-electron chi connectivity index (χ3n) is 7.26. The van der Waals surface area contributed by atoms with Crippen molar-refractivity contribution in [3.8, 4) is 0 Å². The number of nitrogens with zero attached hydrogens (tertiary/aromatic N) is 3. The van der Waals surface area contributed by atoms with Crippen LogP contribution >= 0.6 is 0 Å². The van der Waals surface area contributed by atoms with E-state index in [9.17, 15) is 9.59 Å². The number of aryl methyl sites for hydroxylation is 2. The number of rotatable bonds is 3. The van der Waals surface area contributed by atoms with Crippen LogP contribution in [0.25, 0.3) is 0 Å². The van der Waals surface area contributed by atoms with Crippen molar-refractivity contribution in [2.75, 3.05) is 26.2 Å². The van der Waals surface area contributed by atoms with Gasteiger partial charge < -0.3 is 15.5 Å². The Morgan fingerprint density at radius 2 is 1.71 bits per heavy atom. The van der Waals surface area contributed by atoms with Crippen LogP contribution in [0.3, 0.4) is 0 Å². The van der Waals surface area contributed by atoms with Gasteiger partial charge in [0.15, 0.2) is 0 Å². The quantitative estimate of drug-likeness (QED) is 0.825. The van der Waals surface area contributed by atoms with Crippen LogP contribution in [-0.2, 0) is 11.8 Å². The van der Waals surface area contributed by atoms with Crippen LogP contribution in [-0.4, -0.2) is 58.2 Å². The van der Waals surface area contributed by atoms with Crippen molar-refractivity contribution in [2.45, 2.75) is 57.9 Å². The van der Waals surface area contributed by atoms with Gasteiger partial charge in [-0.3, -0.25) is 14.3 Å². The van der Waals surface area contributed by atoms with Crippen LogP contribution in [0, 0.1) is 25.7 Å². The topological polar surface area (TPSA) is 79.3 Å². The predicted octanol–water partition coefficient (Wildman–Crippen LogP) is 1.54. The van der Waals surface area contributed by atoms with Gasteiger partial charge in [0, 0.05) is 25.8 Å². The van der Waals surface area contributed by atoms with Gasteiger partial charge in [-0.15, -0.1) is 0 Å². The molecule has 2 N–H and O–H groups in total. The second-order valence-corrected chi connectivity index (χ2v) is 8.96. The van der Waals surface area contributed by atoms with E-state index < -0.39 is 5.54 Å². The maximum atomic E-state index is 13.6. The molecule has 0 radical (unpaired) electrons. The maximum Gasteiger partial charge on any atom is 0.255 e. The van der Waals surface area contributed by atoms with Crippen molar-refractivity contribution in [2.24, 2.45) is 18.9 Å². The van der Waals surface area contributed by atoms with Gasteiger partial charge in [0.25, 0.3) is 5.91 Å². The Morgan fingerprint density at radius 1 is 1.11 bits per heavy atom. The molecule has 1 aromatic heterocycles. The highest BCUT2D eigenvalue weighted by Gasteiger charge is 2.46. The largest absolute Gasteiger partial charge is 0.341 e. The second-order valence-electron chi connectivity index (χ2n) is 8.96. The molecular weight excluding hydrogens is 354 g/mol. The zero-order valence-electron chi connectivity index (χ0n) is 17.4. The minimum atomic E-state index is -0.747. The number of hydrogen-bond acceptors (Lipinski definition) is 4. The molecule has 2 aliphatic heterocycles. The van der Waals surface area contributed by atoms with Crippen LogP contribution < -0.4 is 10.6 Å². The SMILES string of the molecule is Cc1nn(C)c(C)c1C(=O)NC1(C(=O)N2CC[C@@H]3CNC[C@@H]3CC2)CCCC1. The number of carbonyl (C=O) groups excluding carboxylic acids is 2. The molecule has 154 valence electrons. The molecule has 2 atom stereocenters. The Kier molecular flexibility index (Phi) is 5.21. The molecule has 3 fully saturated rings. The third-order valence-corrected chi connectivity index (χ3v) is 7.26. The summed E-state index contributed by atoms with van der Waals surface area (Å²) < 4.78 is 1.73. The standard InChI is InChI=1S/C21H33N5O2/c1-14-18(15(2)25(3)24-14)19(27)23-21(8-4-5-9-21)20(28)26-10-6-16-12-22-13-17(16)7-11-26/h16-17,22H,4-13H2,1-3H3,(H,23,27)/t16-,17+. The molecule has 2 saturated heterocycles. The minimum Gasteiger partial charge on any atom is -0.341 e. The number of amides is 2. The first-order chi connectivity index (χ1) is 13.4. The van der Waals surface area contributed by atoms with Crippen molar-refractivity contribution >= 4 is 11.8 Å². The summed E-state index contributed by atoms with van der Waals surface area (Å²) in [4.78, 5) is 28.8. The van der Waals surface area contributed by atoms with Gasteiger partial charge in [-0.1, -0.05) is 12.8 Å². The zero-order chi connectivity index (χ0) is 19.9. The molecule has 0 unspecified atom stereocenters. The van der Waals surface area contributed by atoms with Crippen LogP contribution in [0.15, 0.2) is 0 Å². The Hall–Kier alpha value is -1.89. The second kappa shape index (κ2) is 7.50. The van der Waals surface area contributed by atoms with Gasteiger partial charge in [-0.05, 0) is 64.5 Å². The molecule has 0 bridgehead atoms. The molecule has 28 heavy (non-hydrogen) atoms. The molecule has 1 aliphatic carbocycles. The van der Waals surface area contributed by atoms with Crippen molar-refractivity contribution in [3.05, 3.63) is 17.0 Å². The normalized spacial score (nSPS) is 26.8. The third kappa shape index (κ3) is 3.34. The Morgan fingerprint density at radius 3 is 2.25 bits per heavy atom. The fourth-order valence-corrected chi connectivity index (χ4v) is 5.48. The van der Waals surface area contributed by atoms with Gasteiger partial charge in [0.05, 0.1) is 11.3 Å². The highest BCUT2D eigenvalue weighted by Crippen LogP contribution is 2.34. The summed E-state index contributed by atoms with van der Waals surface area (Å²) in [6, 6.07) is 0. The lowest BCUT2D eigenvalue weighted by Gasteiger charge is -2.35. The Labute approximate surface area is 167 Å². The molecule has 3 aliphatic rings. The summed E-state index contributed by atoms with van der Waals surface area (Å²) in [7, 11) is 1.85. The first-order valence-electron chi connectivity index (χ1n) is 10.7. The van der Waals surface area contributed by atoms with Gasteiger partial charge in [-0.25, -0.2) is 0 Å². The summed E-state index contributed by atoms with van der Waals surface area (Å²) in [6.07, 6.45) is 5.57. The molecule has 4 rings (SSSR count). The van der Waals surface area contributed by atoms with E-state index in [1.807, 2.05) is 25.8 Å². The molecule has 1 saturated carbocycles.